The van der Waals surface area contributed by atoms with E-state index in [-0.39, 0.29) is 28.3 Å². The third-order valence-electron chi connectivity index (χ3n) is 6.14. The van der Waals surface area contributed by atoms with Crippen molar-refractivity contribution in [3.05, 3.63) is 77.4 Å². The summed E-state index contributed by atoms with van der Waals surface area (Å²) in [5, 5.41) is 30.3. The molecule has 1 aliphatic heterocycles. The van der Waals surface area contributed by atoms with E-state index in [1.54, 1.807) is 25.1 Å². The monoisotopic (exact) mass is 486 g/mol. The minimum absolute atomic E-state index is 0.00128. The Bertz CT molecular complexity index is 1380. The number of hydrazone groups is 2. The fourth-order valence-electron chi connectivity index (χ4n) is 3.74. The Balaban J connectivity index is 1.56. The molecule has 4 rings (SSSR count). The van der Waals surface area contributed by atoms with Gasteiger partial charge in [0, 0.05) is 11.5 Å². The maximum atomic E-state index is 13.0. The van der Waals surface area contributed by atoms with E-state index < -0.39 is 0 Å². The summed E-state index contributed by atoms with van der Waals surface area (Å²) >= 11 is 4.86. The number of carbonyl (C=O) groups excluding carboxylic acids is 1. The van der Waals surface area contributed by atoms with E-state index in [4.69, 9.17) is 12.2 Å². The number of benzene rings is 3. The van der Waals surface area contributed by atoms with E-state index in [2.05, 4.69) is 15.6 Å². The van der Waals surface area contributed by atoms with Crippen LogP contribution in [-0.4, -0.2) is 32.6 Å². The highest BCUT2D eigenvalue weighted by atomic mass is 32.1. The topological polar surface area (TPSA) is 97.5 Å². The van der Waals surface area contributed by atoms with E-state index >= 15 is 0 Å². The second kappa shape index (κ2) is 9.68. The summed E-state index contributed by atoms with van der Waals surface area (Å²) in [6.07, 6.45) is 0. The summed E-state index contributed by atoms with van der Waals surface area (Å²) < 4.78 is 0. The van der Waals surface area contributed by atoms with Gasteiger partial charge in [-0.15, -0.1) is 0 Å². The number of phenolic OH excluding ortho intramolecular Hbond substituents is 1. The quantitative estimate of drug-likeness (QED) is 0.230. The molecule has 3 aromatic rings. The Kier molecular flexibility index (Phi) is 6.66. The van der Waals surface area contributed by atoms with Gasteiger partial charge in [-0.3, -0.25) is 10.2 Å². The van der Waals surface area contributed by atoms with Crippen molar-refractivity contribution in [2.45, 2.75) is 33.6 Å². The highest BCUT2D eigenvalue weighted by Gasteiger charge is 2.31. The van der Waals surface area contributed by atoms with Crippen molar-refractivity contribution < 1.29 is 15.0 Å². The van der Waals surface area contributed by atoms with Gasteiger partial charge in [0.2, 0.25) is 0 Å². The first-order valence-corrected chi connectivity index (χ1v) is 11.5. The van der Waals surface area contributed by atoms with Crippen LogP contribution in [0.3, 0.4) is 0 Å². The van der Waals surface area contributed by atoms with Gasteiger partial charge in [-0.2, -0.15) is 15.2 Å². The average Bonchev–Trinajstić information content (AvgIpc) is 3.13. The maximum Gasteiger partial charge on any atom is 0.301 e. The molecule has 0 radical (unpaired) electrons. The van der Waals surface area contributed by atoms with Crippen molar-refractivity contribution in [2.75, 3.05) is 10.4 Å². The lowest BCUT2D eigenvalue weighted by Gasteiger charge is -2.13. The molecule has 1 aliphatic rings. The Morgan fingerprint density at radius 1 is 1.06 bits per heavy atom. The van der Waals surface area contributed by atoms with Crippen molar-refractivity contribution in [1.29, 1.82) is 0 Å². The predicted octanol–water partition coefficient (Wildman–Crippen LogP) is 5.86. The molecule has 1 unspecified atom stereocenters. The van der Waals surface area contributed by atoms with Crippen LogP contribution in [0.4, 0.5) is 11.4 Å². The third kappa shape index (κ3) is 4.79. The van der Waals surface area contributed by atoms with Gasteiger partial charge in [0.25, 0.3) is 0 Å². The predicted molar refractivity (Wildman–Crippen MR) is 145 cm³/mol. The molecule has 0 aromatic heterocycles. The second-order valence-electron chi connectivity index (χ2n) is 8.53. The zero-order valence-electron chi connectivity index (χ0n) is 19.9. The number of para-hydroxylation sites is 1. The molecule has 0 saturated heterocycles. The number of aliphatic hydroxyl groups excluding tert-OH is 1. The minimum atomic E-state index is -0.347. The SMILES string of the molecule is CC1=NN(c2ccc(C)c(C)c2)C(=O)C1=NNc1cccc(-c2ccc(C(C)C(O)=S)cc2)c1O. The first-order valence-electron chi connectivity index (χ1n) is 11.1. The van der Waals surface area contributed by atoms with Gasteiger partial charge in [-0.25, -0.2) is 0 Å². The van der Waals surface area contributed by atoms with Crippen LogP contribution < -0.4 is 10.4 Å². The van der Waals surface area contributed by atoms with Crippen molar-refractivity contribution in [3.8, 4) is 16.9 Å². The van der Waals surface area contributed by atoms with Crippen LogP contribution >= 0.6 is 12.2 Å². The Hall–Kier alpha value is -4.04. The van der Waals surface area contributed by atoms with Crippen molar-refractivity contribution >= 4 is 46.0 Å². The molecule has 178 valence electrons. The normalized spacial score (nSPS) is 15.3. The molecule has 3 N–H and O–H groups in total. The van der Waals surface area contributed by atoms with E-state index in [1.165, 1.54) is 5.01 Å². The molecule has 1 amide bonds. The molecule has 8 heteroatoms. The van der Waals surface area contributed by atoms with Crippen molar-refractivity contribution in [3.63, 3.8) is 0 Å². The lowest BCUT2D eigenvalue weighted by Crippen LogP contribution is -2.28. The molecule has 0 aliphatic carbocycles. The summed E-state index contributed by atoms with van der Waals surface area (Å²) in [4.78, 5) is 13.0. The summed E-state index contributed by atoms with van der Waals surface area (Å²) in [5.41, 5.74) is 8.96. The molecule has 0 fully saturated rings. The molecule has 0 spiro atoms. The second-order valence-corrected chi connectivity index (χ2v) is 8.95. The van der Waals surface area contributed by atoms with E-state index in [9.17, 15) is 15.0 Å². The number of phenols is 1. The molecule has 1 heterocycles. The number of carbonyl (C=O) groups is 1. The number of nitrogens with one attached hydrogen (secondary N) is 1. The Morgan fingerprint density at radius 3 is 2.43 bits per heavy atom. The smallest absolute Gasteiger partial charge is 0.301 e. The molecular formula is C27H26N4O3S. The number of aryl methyl sites for hydroxylation is 2. The van der Waals surface area contributed by atoms with Gasteiger partial charge in [-0.05, 0) is 73.4 Å². The van der Waals surface area contributed by atoms with Crippen LogP contribution in [-0.2, 0) is 4.79 Å². The van der Waals surface area contributed by atoms with Crippen molar-refractivity contribution in [1.82, 2.24) is 0 Å². The fourth-order valence-corrected chi connectivity index (χ4v) is 3.87. The zero-order valence-corrected chi connectivity index (χ0v) is 20.7. The van der Waals surface area contributed by atoms with Crippen LogP contribution in [0.15, 0.2) is 70.9 Å². The number of amides is 1. The number of anilines is 2. The largest absolute Gasteiger partial charge is 0.505 e. The van der Waals surface area contributed by atoms with E-state index in [0.29, 0.717) is 22.6 Å². The first kappa shape index (κ1) is 24.1. The molecular weight excluding hydrogens is 460 g/mol. The molecule has 0 bridgehead atoms. The summed E-state index contributed by atoms with van der Waals surface area (Å²) in [6.45, 7) is 7.54. The van der Waals surface area contributed by atoms with Crippen LogP contribution in [0.5, 0.6) is 5.75 Å². The maximum absolute atomic E-state index is 13.0. The summed E-state index contributed by atoms with van der Waals surface area (Å²) in [7, 11) is 0. The zero-order chi connectivity index (χ0) is 25.3. The highest BCUT2D eigenvalue weighted by Crippen LogP contribution is 2.36. The van der Waals surface area contributed by atoms with E-state index in [1.807, 2.05) is 63.2 Å². The van der Waals surface area contributed by atoms with Gasteiger partial charge in [0.1, 0.15) is 5.75 Å². The Morgan fingerprint density at radius 2 is 1.77 bits per heavy atom. The number of thiocarbonyl (C=S) groups is 1. The highest BCUT2D eigenvalue weighted by molar-refractivity contribution is 7.80. The summed E-state index contributed by atoms with van der Waals surface area (Å²) in [6, 6.07) is 18.4. The minimum Gasteiger partial charge on any atom is -0.505 e. The van der Waals surface area contributed by atoms with Gasteiger partial charge >= 0.3 is 5.91 Å². The number of nitrogens with zero attached hydrogens (tertiary/aromatic N) is 3. The average molecular weight is 487 g/mol. The van der Waals surface area contributed by atoms with E-state index in [0.717, 1.165) is 22.3 Å². The van der Waals surface area contributed by atoms with Crippen molar-refractivity contribution in [2.24, 2.45) is 10.2 Å². The molecule has 7 nitrogen and oxygen atoms in total. The fraction of sp³-hybridized carbons (Fsp3) is 0.185. The van der Waals surface area contributed by atoms with Crippen LogP contribution in [0.1, 0.15) is 36.5 Å². The van der Waals surface area contributed by atoms with Gasteiger partial charge in [0.05, 0.1) is 17.1 Å². The van der Waals surface area contributed by atoms with Gasteiger partial charge in [-0.1, -0.05) is 49.4 Å². The lowest BCUT2D eigenvalue weighted by atomic mass is 9.97. The lowest BCUT2D eigenvalue weighted by molar-refractivity contribution is -0.112. The Labute approximate surface area is 209 Å². The number of aliphatic hydroxyl groups is 1. The van der Waals surface area contributed by atoms with Crippen LogP contribution in [0.25, 0.3) is 11.1 Å². The van der Waals surface area contributed by atoms with Gasteiger partial charge in [0.15, 0.2) is 10.8 Å². The number of aromatic hydroxyl groups is 1. The first-order chi connectivity index (χ1) is 16.7. The number of hydrogen-bond acceptors (Lipinski definition) is 6. The van der Waals surface area contributed by atoms with Crippen LogP contribution in [0.2, 0.25) is 0 Å². The van der Waals surface area contributed by atoms with Crippen LogP contribution in [0, 0.1) is 13.8 Å². The molecule has 35 heavy (non-hydrogen) atoms. The number of rotatable bonds is 6. The third-order valence-corrected chi connectivity index (χ3v) is 6.49. The number of hydrogen-bond donors (Lipinski definition) is 3. The standard InChI is InChI=1S/C27H26N4O3S/c1-15-8-13-21(14-16(15)2)31-26(33)24(18(4)30-31)29-28-23-7-5-6-22(25(23)32)20-11-9-19(10-12-20)17(3)27(34)35/h5-14,17,28,32H,1-4H3,(H,34,35). The molecule has 0 saturated carbocycles. The van der Waals surface area contributed by atoms with Gasteiger partial charge < -0.3 is 10.2 Å². The summed E-state index contributed by atoms with van der Waals surface area (Å²) in [5.74, 6) is -0.601. The molecule has 1 atom stereocenters. The molecule has 3 aromatic carbocycles.